The van der Waals surface area contributed by atoms with Crippen LogP contribution in [0.5, 0.6) is 0 Å². The lowest BCUT2D eigenvalue weighted by Crippen LogP contribution is -2.34. The normalized spacial score (nSPS) is 19.3. The second-order valence-corrected chi connectivity index (χ2v) is 8.37. The van der Waals surface area contributed by atoms with Crippen molar-refractivity contribution in [2.45, 2.75) is 32.1 Å². The summed E-state index contributed by atoms with van der Waals surface area (Å²) in [4.78, 5) is 37.6. The third kappa shape index (κ3) is 4.12. The van der Waals surface area contributed by atoms with Crippen LogP contribution in [-0.4, -0.2) is 32.1 Å². The first kappa shape index (κ1) is 19.4. The van der Waals surface area contributed by atoms with Gasteiger partial charge < -0.3 is 4.57 Å². The average Bonchev–Trinajstić information content (AvgIpc) is 3.29. The van der Waals surface area contributed by atoms with E-state index in [0.29, 0.717) is 28.7 Å². The first-order chi connectivity index (χ1) is 14.0. The number of hydrogen-bond acceptors (Lipinski definition) is 5. The molecule has 2 fully saturated rings. The minimum absolute atomic E-state index is 0.00467. The van der Waals surface area contributed by atoms with Gasteiger partial charge in [0.2, 0.25) is 0 Å². The van der Waals surface area contributed by atoms with Crippen LogP contribution in [0.4, 0.5) is 10.5 Å². The van der Waals surface area contributed by atoms with Crippen molar-refractivity contribution in [1.82, 2.24) is 9.47 Å². The summed E-state index contributed by atoms with van der Waals surface area (Å²) in [6, 6.07) is 9.91. The van der Waals surface area contributed by atoms with Crippen molar-refractivity contribution < 1.29 is 14.5 Å². The van der Waals surface area contributed by atoms with Crippen LogP contribution in [-0.2, 0) is 4.79 Å². The molecule has 1 saturated heterocycles. The van der Waals surface area contributed by atoms with Crippen molar-refractivity contribution in [1.29, 1.82) is 0 Å². The number of non-ortho nitro benzene ring substituents is 1. The molecule has 0 atom stereocenters. The Labute approximate surface area is 172 Å². The summed E-state index contributed by atoms with van der Waals surface area (Å²) in [5.74, 6) is 0.141. The lowest BCUT2D eigenvalue weighted by atomic mass is 9.89. The second kappa shape index (κ2) is 8.24. The van der Waals surface area contributed by atoms with Crippen LogP contribution in [0.15, 0.2) is 47.5 Å². The van der Waals surface area contributed by atoms with Crippen LogP contribution < -0.4 is 0 Å². The van der Waals surface area contributed by atoms with Crippen molar-refractivity contribution in [3.8, 4) is 5.69 Å². The van der Waals surface area contributed by atoms with Gasteiger partial charge in [-0.3, -0.25) is 24.6 Å². The van der Waals surface area contributed by atoms with Crippen LogP contribution in [0.3, 0.4) is 0 Å². The fourth-order valence-electron chi connectivity index (χ4n) is 3.92. The molecule has 0 radical (unpaired) electrons. The van der Waals surface area contributed by atoms with Crippen molar-refractivity contribution in [2.75, 3.05) is 6.54 Å². The fraction of sp³-hybridized carbons (Fsp3) is 0.333. The van der Waals surface area contributed by atoms with Gasteiger partial charge in [0.15, 0.2) is 0 Å². The standard InChI is InChI=1S/C21H21N3O4S/c25-20-19(29-21(26)23(20)14-15-6-2-1-3-7-15)13-17-10-5-11-22(17)16-8-4-9-18(12-16)24(27)28/h4-5,8-13,15H,1-3,6-7,14H2/b19-13+. The van der Waals surface area contributed by atoms with Crippen molar-refractivity contribution >= 4 is 34.7 Å². The Morgan fingerprint density at radius 1 is 1.14 bits per heavy atom. The highest BCUT2D eigenvalue weighted by Gasteiger charge is 2.36. The summed E-state index contributed by atoms with van der Waals surface area (Å²) in [5, 5.41) is 10.8. The first-order valence-electron chi connectivity index (χ1n) is 9.70. The van der Waals surface area contributed by atoms with E-state index < -0.39 is 4.92 Å². The summed E-state index contributed by atoms with van der Waals surface area (Å²) in [6.07, 6.45) is 9.14. The van der Waals surface area contributed by atoms with Gasteiger partial charge in [0.25, 0.3) is 16.8 Å². The first-order valence-corrected chi connectivity index (χ1v) is 10.5. The molecule has 1 saturated carbocycles. The van der Waals surface area contributed by atoms with E-state index in [1.54, 1.807) is 35.0 Å². The summed E-state index contributed by atoms with van der Waals surface area (Å²) in [5.41, 5.74) is 1.31. The Hall–Kier alpha value is -2.87. The number of aromatic nitrogens is 1. The van der Waals surface area contributed by atoms with E-state index in [1.807, 2.05) is 6.07 Å². The third-order valence-corrected chi connectivity index (χ3v) is 6.32. The lowest BCUT2D eigenvalue weighted by molar-refractivity contribution is -0.384. The number of nitro groups is 1. The minimum Gasteiger partial charge on any atom is -0.317 e. The van der Waals surface area contributed by atoms with E-state index in [0.717, 1.165) is 37.4 Å². The Morgan fingerprint density at radius 2 is 1.93 bits per heavy atom. The predicted molar refractivity (Wildman–Crippen MR) is 112 cm³/mol. The maximum absolute atomic E-state index is 12.8. The zero-order valence-corrected chi connectivity index (χ0v) is 16.6. The van der Waals surface area contributed by atoms with E-state index >= 15 is 0 Å². The number of benzene rings is 1. The average molecular weight is 411 g/mol. The molecule has 4 rings (SSSR count). The molecule has 2 amide bonds. The van der Waals surface area contributed by atoms with Gasteiger partial charge in [0, 0.05) is 30.6 Å². The number of thioether (sulfide) groups is 1. The van der Waals surface area contributed by atoms with Crippen LogP contribution in [0.2, 0.25) is 0 Å². The molecule has 2 aromatic rings. The molecule has 1 aliphatic heterocycles. The number of nitrogens with zero attached hydrogens (tertiary/aromatic N) is 3. The molecular weight excluding hydrogens is 390 g/mol. The quantitative estimate of drug-likeness (QED) is 0.392. The lowest BCUT2D eigenvalue weighted by Gasteiger charge is -2.25. The molecule has 150 valence electrons. The highest BCUT2D eigenvalue weighted by atomic mass is 32.2. The monoisotopic (exact) mass is 411 g/mol. The molecule has 0 spiro atoms. The summed E-state index contributed by atoms with van der Waals surface area (Å²) in [7, 11) is 0. The summed E-state index contributed by atoms with van der Waals surface area (Å²) < 4.78 is 1.77. The maximum Gasteiger partial charge on any atom is 0.293 e. The number of amides is 2. The van der Waals surface area contributed by atoms with Crippen LogP contribution in [0.1, 0.15) is 37.8 Å². The van der Waals surface area contributed by atoms with Gasteiger partial charge in [-0.25, -0.2) is 0 Å². The van der Waals surface area contributed by atoms with Gasteiger partial charge in [-0.05, 0) is 54.8 Å². The van der Waals surface area contributed by atoms with E-state index in [-0.39, 0.29) is 16.8 Å². The Bertz CT molecular complexity index is 991. The van der Waals surface area contributed by atoms with Crippen molar-refractivity contribution in [3.05, 3.63) is 63.3 Å². The molecule has 0 unspecified atom stereocenters. The number of carbonyl (C=O) groups excluding carboxylic acids is 2. The van der Waals surface area contributed by atoms with E-state index in [1.165, 1.54) is 23.5 Å². The van der Waals surface area contributed by atoms with Gasteiger partial charge in [-0.2, -0.15) is 0 Å². The third-order valence-electron chi connectivity index (χ3n) is 5.42. The van der Waals surface area contributed by atoms with Gasteiger partial charge >= 0.3 is 0 Å². The Balaban J connectivity index is 1.57. The second-order valence-electron chi connectivity index (χ2n) is 7.38. The highest BCUT2D eigenvalue weighted by molar-refractivity contribution is 8.18. The van der Waals surface area contributed by atoms with Crippen molar-refractivity contribution in [3.63, 3.8) is 0 Å². The summed E-state index contributed by atoms with van der Waals surface area (Å²) >= 11 is 0.958. The van der Waals surface area contributed by atoms with Gasteiger partial charge in [0.1, 0.15) is 0 Å². The van der Waals surface area contributed by atoms with Gasteiger partial charge in [-0.1, -0.05) is 25.3 Å². The van der Waals surface area contributed by atoms with Gasteiger partial charge in [-0.15, -0.1) is 0 Å². The number of rotatable bonds is 5. The molecule has 1 aliphatic carbocycles. The van der Waals surface area contributed by atoms with Crippen molar-refractivity contribution in [2.24, 2.45) is 5.92 Å². The van der Waals surface area contributed by atoms with E-state index in [4.69, 9.17) is 0 Å². The van der Waals surface area contributed by atoms with Crippen LogP contribution >= 0.6 is 11.8 Å². The number of imide groups is 1. The zero-order chi connectivity index (χ0) is 20.4. The Morgan fingerprint density at radius 3 is 2.69 bits per heavy atom. The molecule has 8 heteroatoms. The summed E-state index contributed by atoms with van der Waals surface area (Å²) in [6.45, 7) is 0.494. The predicted octanol–water partition coefficient (Wildman–Crippen LogP) is 5.00. The van der Waals surface area contributed by atoms with Crippen LogP contribution in [0, 0.1) is 16.0 Å². The molecule has 2 aliphatic rings. The Kier molecular flexibility index (Phi) is 5.53. The molecule has 29 heavy (non-hydrogen) atoms. The van der Waals surface area contributed by atoms with E-state index in [2.05, 4.69) is 0 Å². The molecule has 0 N–H and O–H groups in total. The number of hydrogen-bond donors (Lipinski definition) is 0. The van der Waals surface area contributed by atoms with Crippen LogP contribution in [0.25, 0.3) is 11.8 Å². The largest absolute Gasteiger partial charge is 0.317 e. The minimum atomic E-state index is -0.441. The molecule has 7 nitrogen and oxygen atoms in total. The van der Waals surface area contributed by atoms with E-state index in [9.17, 15) is 19.7 Å². The number of nitro benzene ring substituents is 1. The maximum atomic E-state index is 12.8. The smallest absolute Gasteiger partial charge is 0.293 e. The molecule has 1 aromatic carbocycles. The highest BCUT2D eigenvalue weighted by Crippen LogP contribution is 2.35. The number of carbonyl (C=O) groups is 2. The molecular formula is C21H21N3O4S. The SMILES string of the molecule is O=C1S/C(=C/c2cccn2-c2cccc([N+](=O)[O-])c2)C(=O)N1CC1CCCCC1. The molecule has 1 aromatic heterocycles. The molecule has 0 bridgehead atoms. The molecule has 2 heterocycles. The van der Waals surface area contributed by atoms with Gasteiger partial charge in [0.05, 0.1) is 15.5 Å². The zero-order valence-electron chi connectivity index (χ0n) is 15.8. The topological polar surface area (TPSA) is 85.5 Å². The fourth-order valence-corrected chi connectivity index (χ4v) is 4.76.